The zero-order valence-corrected chi connectivity index (χ0v) is 16.6. The molecule has 0 saturated heterocycles. The lowest BCUT2D eigenvalue weighted by Crippen LogP contribution is -2.36. The summed E-state index contributed by atoms with van der Waals surface area (Å²) in [6, 6.07) is 11.5. The third-order valence-corrected chi connectivity index (χ3v) is 6.04. The first-order valence-corrected chi connectivity index (χ1v) is 10.0. The first-order valence-electron chi connectivity index (χ1n) is 10.0. The second-order valence-electron chi connectivity index (χ2n) is 8.13. The number of benzene rings is 1. The molecule has 7 heteroatoms. The van der Waals surface area contributed by atoms with E-state index in [0.29, 0.717) is 24.0 Å². The Kier molecular flexibility index (Phi) is 4.20. The predicted octanol–water partition coefficient (Wildman–Crippen LogP) is 4.34. The molecule has 3 heterocycles. The molecule has 5 rings (SSSR count). The summed E-state index contributed by atoms with van der Waals surface area (Å²) in [7, 11) is 0. The standard InChI is InChI=1S/C23H22FN5O/c1-23(24)8-2-5-20(23)28-21-17(22(25)30)12-27-29-13-16(11-19(21)29)14-6-7-18-15(10-14)4-3-9-26-18/h3-4,6-7,9-13,20,28H,2,5,8H2,1H3,(H2,25,30)/t20-,23+/m1/s1. The van der Waals surface area contributed by atoms with Gasteiger partial charge in [-0.25, -0.2) is 8.91 Å². The summed E-state index contributed by atoms with van der Waals surface area (Å²) < 4.78 is 16.6. The Morgan fingerprint density at radius 3 is 2.93 bits per heavy atom. The monoisotopic (exact) mass is 403 g/mol. The fourth-order valence-corrected chi connectivity index (χ4v) is 4.33. The van der Waals surface area contributed by atoms with Gasteiger partial charge in [-0.2, -0.15) is 5.10 Å². The number of rotatable bonds is 4. The van der Waals surface area contributed by atoms with Crippen LogP contribution in [0, 0.1) is 0 Å². The van der Waals surface area contributed by atoms with Crippen LogP contribution in [-0.2, 0) is 0 Å². The van der Waals surface area contributed by atoms with Crippen molar-refractivity contribution in [3.05, 3.63) is 60.6 Å². The van der Waals surface area contributed by atoms with Gasteiger partial charge in [-0.15, -0.1) is 0 Å². The molecule has 0 radical (unpaired) electrons. The molecule has 0 spiro atoms. The molecule has 1 fully saturated rings. The van der Waals surface area contributed by atoms with Crippen molar-refractivity contribution in [1.29, 1.82) is 0 Å². The Bertz CT molecular complexity index is 1280. The van der Waals surface area contributed by atoms with Gasteiger partial charge in [0.1, 0.15) is 5.67 Å². The smallest absolute Gasteiger partial charge is 0.252 e. The molecule has 1 aliphatic rings. The van der Waals surface area contributed by atoms with Crippen LogP contribution in [0.15, 0.2) is 55.0 Å². The average molecular weight is 403 g/mol. The maximum absolute atomic E-state index is 14.9. The van der Waals surface area contributed by atoms with E-state index < -0.39 is 11.6 Å². The minimum atomic E-state index is -1.34. The summed E-state index contributed by atoms with van der Waals surface area (Å²) in [4.78, 5) is 16.4. The highest BCUT2D eigenvalue weighted by Crippen LogP contribution is 2.37. The predicted molar refractivity (Wildman–Crippen MR) is 115 cm³/mol. The quantitative estimate of drug-likeness (QED) is 0.531. The number of hydrogen-bond donors (Lipinski definition) is 2. The summed E-state index contributed by atoms with van der Waals surface area (Å²) in [6.07, 6.45) is 7.10. The van der Waals surface area contributed by atoms with Gasteiger partial charge >= 0.3 is 0 Å². The second-order valence-corrected chi connectivity index (χ2v) is 8.13. The average Bonchev–Trinajstić information content (AvgIpc) is 3.31. The van der Waals surface area contributed by atoms with E-state index in [9.17, 15) is 9.18 Å². The van der Waals surface area contributed by atoms with Gasteiger partial charge in [0.15, 0.2) is 0 Å². The summed E-state index contributed by atoms with van der Waals surface area (Å²) in [5.74, 6) is -0.592. The largest absolute Gasteiger partial charge is 0.377 e. The first kappa shape index (κ1) is 18.5. The third kappa shape index (κ3) is 3.07. The van der Waals surface area contributed by atoms with Crippen molar-refractivity contribution in [3.8, 4) is 11.1 Å². The Labute approximate surface area is 172 Å². The first-order chi connectivity index (χ1) is 14.4. The van der Waals surface area contributed by atoms with E-state index in [1.165, 1.54) is 6.20 Å². The third-order valence-electron chi connectivity index (χ3n) is 6.04. The summed E-state index contributed by atoms with van der Waals surface area (Å²) in [5, 5.41) is 8.66. The van der Waals surface area contributed by atoms with Crippen molar-refractivity contribution in [2.24, 2.45) is 5.73 Å². The molecule has 1 amide bonds. The molecule has 30 heavy (non-hydrogen) atoms. The minimum absolute atomic E-state index is 0.262. The van der Waals surface area contributed by atoms with Crippen molar-refractivity contribution in [2.45, 2.75) is 37.9 Å². The van der Waals surface area contributed by atoms with Crippen LogP contribution in [0.2, 0.25) is 0 Å². The van der Waals surface area contributed by atoms with Crippen LogP contribution >= 0.6 is 0 Å². The Morgan fingerprint density at radius 1 is 1.30 bits per heavy atom. The summed E-state index contributed by atoms with van der Waals surface area (Å²) in [6.45, 7) is 1.60. The van der Waals surface area contributed by atoms with Gasteiger partial charge in [0.25, 0.3) is 5.91 Å². The molecule has 1 aromatic carbocycles. The molecule has 4 aromatic rings. The zero-order chi connectivity index (χ0) is 20.9. The Balaban J connectivity index is 1.63. The van der Waals surface area contributed by atoms with Gasteiger partial charge in [0, 0.05) is 23.3 Å². The molecule has 3 aromatic heterocycles. The number of primary amides is 1. The molecule has 6 nitrogen and oxygen atoms in total. The molecule has 152 valence electrons. The van der Waals surface area contributed by atoms with Crippen molar-refractivity contribution < 1.29 is 9.18 Å². The van der Waals surface area contributed by atoms with Crippen molar-refractivity contribution in [2.75, 3.05) is 5.32 Å². The summed E-state index contributed by atoms with van der Waals surface area (Å²) >= 11 is 0. The molecule has 0 aliphatic heterocycles. The van der Waals surface area contributed by atoms with Gasteiger partial charge in [0.2, 0.25) is 0 Å². The lowest BCUT2D eigenvalue weighted by molar-refractivity contribution is 0.1000. The van der Waals surface area contributed by atoms with Gasteiger partial charge < -0.3 is 11.1 Å². The van der Waals surface area contributed by atoms with Gasteiger partial charge in [-0.3, -0.25) is 9.78 Å². The lowest BCUT2D eigenvalue weighted by atomic mass is 10.0. The molecule has 0 unspecified atom stereocenters. The van der Waals surface area contributed by atoms with Gasteiger partial charge in [0.05, 0.1) is 34.5 Å². The van der Waals surface area contributed by atoms with E-state index in [-0.39, 0.29) is 11.6 Å². The van der Waals surface area contributed by atoms with E-state index >= 15 is 0 Å². The summed E-state index contributed by atoms with van der Waals surface area (Å²) in [5.41, 5.74) is 8.60. The van der Waals surface area contributed by atoms with Crippen LogP contribution in [0.4, 0.5) is 10.1 Å². The van der Waals surface area contributed by atoms with E-state index in [1.54, 1.807) is 17.6 Å². The van der Waals surface area contributed by atoms with E-state index in [2.05, 4.69) is 21.5 Å². The number of anilines is 1. The highest BCUT2D eigenvalue weighted by atomic mass is 19.1. The highest BCUT2D eigenvalue weighted by Gasteiger charge is 2.39. The number of nitrogens with zero attached hydrogens (tertiary/aromatic N) is 3. The number of carbonyl (C=O) groups is 1. The maximum atomic E-state index is 14.9. The number of aromatic nitrogens is 3. The van der Waals surface area contributed by atoms with Crippen LogP contribution in [0.25, 0.3) is 27.5 Å². The molecule has 0 bridgehead atoms. The van der Waals surface area contributed by atoms with Crippen molar-refractivity contribution >= 4 is 28.0 Å². The maximum Gasteiger partial charge on any atom is 0.252 e. The molecule has 2 atom stereocenters. The fourth-order valence-electron chi connectivity index (χ4n) is 4.33. The normalized spacial score (nSPS) is 21.3. The Hall–Kier alpha value is -3.48. The number of nitrogens with two attached hydrogens (primary N) is 1. The molecular formula is C23H22FN5O. The van der Waals surface area contributed by atoms with Crippen LogP contribution in [0.1, 0.15) is 36.5 Å². The number of amides is 1. The van der Waals surface area contributed by atoms with Gasteiger partial charge in [-0.05, 0) is 56.0 Å². The van der Waals surface area contributed by atoms with Crippen molar-refractivity contribution in [1.82, 2.24) is 14.6 Å². The van der Waals surface area contributed by atoms with E-state index in [4.69, 9.17) is 5.73 Å². The molecule has 3 N–H and O–H groups in total. The number of fused-ring (bicyclic) bond motifs is 2. The molecular weight excluding hydrogens is 381 g/mol. The fraction of sp³-hybridized carbons (Fsp3) is 0.261. The van der Waals surface area contributed by atoms with E-state index in [1.807, 2.05) is 36.5 Å². The minimum Gasteiger partial charge on any atom is -0.377 e. The number of carbonyl (C=O) groups excluding carboxylic acids is 1. The van der Waals surface area contributed by atoms with Gasteiger partial charge in [-0.1, -0.05) is 12.1 Å². The number of alkyl halides is 1. The highest BCUT2D eigenvalue weighted by molar-refractivity contribution is 6.02. The topological polar surface area (TPSA) is 85.3 Å². The van der Waals surface area contributed by atoms with Crippen LogP contribution < -0.4 is 11.1 Å². The number of pyridine rings is 1. The Morgan fingerprint density at radius 2 is 2.17 bits per heavy atom. The number of hydrogen-bond acceptors (Lipinski definition) is 4. The lowest BCUT2D eigenvalue weighted by Gasteiger charge is -2.26. The van der Waals surface area contributed by atoms with Crippen LogP contribution in [-0.4, -0.2) is 32.2 Å². The second kappa shape index (κ2) is 6.79. The molecule has 1 saturated carbocycles. The van der Waals surface area contributed by atoms with Crippen LogP contribution in [0.3, 0.4) is 0 Å². The van der Waals surface area contributed by atoms with E-state index in [0.717, 1.165) is 28.5 Å². The van der Waals surface area contributed by atoms with Crippen molar-refractivity contribution in [3.63, 3.8) is 0 Å². The zero-order valence-electron chi connectivity index (χ0n) is 16.6. The van der Waals surface area contributed by atoms with Crippen LogP contribution in [0.5, 0.6) is 0 Å². The number of halogens is 1. The number of nitrogens with one attached hydrogen (secondary N) is 1. The SMILES string of the molecule is C[C@]1(F)CCC[C@H]1Nc1c(C(N)=O)cnn2cc(-c3ccc4ncccc4c3)cc12. The molecule has 1 aliphatic carbocycles.